The fourth-order valence-corrected chi connectivity index (χ4v) is 2.94. The third-order valence-corrected chi connectivity index (χ3v) is 4.41. The lowest BCUT2D eigenvalue weighted by molar-refractivity contribution is 0.0947. The highest BCUT2D eigenvalue weighted by molar-refractivity contribution is 5.92. The highest BCUT2D eigenvalue weighted by atomic mass is 16.1. The lowest BCUT2D eigenvalue weighted by Gasteiger charge is -2.14. The van der Waals surface area contributed by atoms with Crippen LogP contribution < -0.4 is 5.32 Å². The van der Waals surface area contributed by atoms with Gasteiger partial charge in [-0.1, -0.05) is 6.07 Å². The Morgan fingerprint density at radius 3 is 2.76 bits per heavy atom. The zero-order valence-corrected chi connectivity index (χ0v) is 12.7. The van der Waals surface area contributed by atoms with Gasteiger partial charge in [-0.25, -0.2) is 0 Å². The third-order valence-electron chi connectivity index (χ3n) is 4.41. The molecule has 21 heavy (non-hydrogen) atoms. The number of aromatic nitrogens is 1. The van der Waals surface area contributed by atoms with Crippen molar-refractivity contribution in [2.45, 2.75) is 38.5 Å². The second-order valence-corrected chi connectivity index (χ2v) is 6.36. The highest BCUT2D eigenvalue weighted by Gasteiger charge is 2.21. The summed E-state index contributed by atoms with van der Waals surface area (Å²) in [5, 5.41) is 2.97. The van der Waals surface area contributed by atoms with Crippen LogP contribution in [0.5, 0.6) is 0 Å². The van der Waals surface area contributed by atoms with Gasteiger partial charge in [0, 0.05) is 12.7 Å². The number of carbonyl (C=O) groups is 1. The molecule has 1 aliphatic carbocycles. The molecule has 2 heterocycles. The van der Waals surface area contributed by atoms with E-state index in [4.69, 9.17) is 0 Å². The maximum atomic E-state index is 12.0. The summed E-state index contributed by atoms with van der Waals surface area (Å²) in [5.74, 6) is 0.812. The highest BCUT2D eigenvalue weighted by Crippen LogP contribution is 2.32. The zero-order valence-electron chi connectivity index (χ0n) is 12.7. The number of likely N-dealkylation sites (tertiary alicyclic amines) is 1. The Labute approximate surface area is 126 Å². The van der Waals surface area contributed by atoms with E-state index >= 15 is 0 Å². The molecular weight excluding hydrogens is 262 g/mol. The molecule has 114 valence electrons. The van der Waals surface area contributed by atoms with Crippen LogP contribution in [0.2, 0.25) is 0 Å². The number of hydrogen-bond donors (Lipinski definition) is 1. The van der Waals surface area contributed by atoms with E-state index in [0.717, 1.165) is 31.8 Å². The van der Waals surface area contributed by atoms with Gasteiger partial charge in [-0.2, -0.15) is 0 Å². The first-order valence-electron chi connectivity index (χ1n) is 8.27. The topological polar surface area (TPSA) is 45.2 Å². The zero-order chi connectivity index (χ0) is 14.5. The largest absolute Gasteiger partial charge is 0.351 e. The van der Waals surface area contributed by atoms with Crippen LogP contribution in [0.4, 0.5) is 0 Å². The first-order chi connectivity index (χ1) is 10.3. The van der Waals surface area contributed by atoms with Gasteiger partial charge < -0.3 is 10.2 Å². The van der Waals surface area contributed by atoms with Crippen molar-refractivity contribution in [3.05, 3.63) is 29.6 Å². The molecule has 2 aliphatic rings. The van der Waals surface area contributed by atoms with Crippen LogP contribution in [0.25, 0.3) is 0 Å². The Morgan fingerprint density at radius 2 is 2.10 bits per heavy atom. The summed E-state index contributed by atoms with van der Waals surface area (Å²) in [5.41, 5.74) is 1.79. The van der Waals surface area contributed by atoms with Gasteiger partial charge >= 0.3 is 0 Å². The van der Waals surface area contributed by atoms with E-state index in [0.29, 0.717) is 5.69 Å². The Kier molecular flexibility index (Phi) is 4.86. The van der Waals surface area contributed by atoms with E-state index in [1.165, 1.54) is 44.3 Å². The van der Waals surface area contributed by atoms with Gasteiger partial charge in [-0.3, -0.25) is 9.78 Å². The van der Waals surface area contributed by atoms with E-state index in [2.05, 4.69) is 15.2 Å². The molecule has 0 aromatic carbocycles. The minimum atomic E-state index is -0.0469. The van der Waals surface area contributed by atoms with Crippen molar-refractivity contribution in [3.8, 4) is 0 Å². The molecule has 2 fully saturated rings. The van der Waals surface area contributed by atoms with Crippen LogP contribution in [-0.2, 0) is 6.42 Å². The molecule has 1 amide bonds. The summed E-state index contributed by atoms with van der Waals surface area (Å²) in [6.07, 6.45) is 9.33. The van der Waals surface area contributed by atoms with Crippen molar-refractivity contribution in [1.29, 1.82) is 0 Å². The monoisotopic (exact) mass is 287 g/mol. The van der Waals surface area contributed by atoms with Crippen LogP contribution in [0.3, 0.4) is 0 Å². The Balaban J connectivity index is 1.37. The maximum Gasteiger partial charge on any atom is 0.269 e. The number of nitrogens with one attached hydrogen (secondary N) is 1. The number of carbonyl (C=O) groups excluding carboxylic acids is 1. The molecular formula is C17H25N3O. The normalized spacial score (nSPS) is 18.9. The first kappa shape index (κ1) is 14.5. The van der Waals surface area contributed by atoms with Gasteiger partial charge in [-0.05, 0) is 75.7 Å². The predicted molar refractivity (Wildman–Crippen MR) is 83.3 cm³/mol. The van der Waals surface area contributed by atoms with E-state index in [1.807, 2.05) is 18.3 Å². The Morgan fingerprint density at radius 1 is 1.29 bits per heavy atom. The molecule has 1 aromatic heterocycles. The summed E-state index contributed by atoms with van der Waals surface area (Å²) in [4.78, 5) is 18.8. The SMILES string of the molecule is O=C(NCCCN1CCCC1)c1ccc(CC2CC2)cn1. The van der Waals surface area contributed by atoms with Crippen LogP contribution in [0.1, 0.15) is 48.2 Å². The number of rotatable bonds is 7. The van der Waals surface area contributed by atoms with E-state index < -0.39 is 0 Å². The lowest BCUT2D eigenvalue weighted by Crippen LogP contribution is -2.29. The molecule has 1 N–H and O–H groups in total. The number of hydrogen-bond acceptors (Lipinski definition) is 3. The van der Waals surface area contributed by atoms with E-state index in [-0.39, 0.29) is 5.91 Å². The van der Waals surface area contributed by atoms with Crippen molar-refractivity contribution in [2.75, 3.05) is 26.2 Å². The maximum absolute atomic E-state index is 12.0. The molecule has 0 atom stereocenters. The molecule has 1 saturated carbocycles. The fourth-order valence-electron chi connectivity index (χ4n) is 2.94. The summed E-state index contributed by atoms with van der Waals surface area (Å²) >= 11 is 0. The molecule has 0 radical (unpaired) electrons. The van der Waals surface area contributed by atoms with Gasteiger partial charge in [0.15, 0.2) is 0 Å². The fraction of sp³-hybridized carbons (Fsp3) is 0.647. The molecule has 0 bridgehead atoms. The minimum Gasteiger partial charge on any atom is -0.351 e. The summed E-state index contributed by atoms with van der Waals surface area (Å²) in [6.45, 7) is 4.27. The van der Waals surface area contributed by atoms with Crippen molar-refractivity contribution in [1.82, 2.24) is 15.2 Å². The number of pyridine rings is 1. The second-order valence-electron chi connectivity index (χ2n) is 6.36. The van der Waals surface area contributed by atoms with Gasteiger partial charge in [0.2, 0.25) is 0 Å². The molecule has 1 saturated heterocycles. The molecule has 1 aromatic rings. The van der Waals surface area contributed by atoms with Crippen molar-refractivity contribution in [2.24, 2.45) is 5.92 Å². The lowest BCUT2D eigenvalue weighted by atomic mass is 10.1. The van der Waals surface area contributed by atoms with Crippen molar-refractivity contribution in [3.63, 3.8) is 0 Å². The standard InChI is InChI=1S/C17H25N3O/c21-17(18-8-3-11-20-9-1-2-10-20)16-7-6-15(13-19-16)12-14-4-5-14/h6-7,13-14H,1-5,8-12H2,(H,18,21). The summed E-state index contributed by atoms with van der Waals surface area (Å²) < 4.78 is 0. The van der Waals surface area contributed by atoms with E-state index in [1.54, 1.807) is 0 Å². The van der Waals surface area contributed by atoms with Gasteiger partial charge in [0.1, 0.15) is 5.69 Å². The number of amides is 1. The van der Waals surface area contributed by atoms with Crippen molar-refractivity contribution < 1.29 is 4.79 Å². The third kappa shape index (κ3) is 4.53. The average Bonchev–Trinajstić information content (AvgIpc) is 3.16. The van der Waals surface area contributed by atoms with Crippen LogP contribution >= 0.6 is 0 Å². The summed E-state index contributed by atoms with van der Waals surface area (Å²) in [7, 11) is 0. The second kappa shape index (κ2) is 7.03. The molecule has 1 aliphatic heterocycles. The Hall–Kier alpha value is -1.42. The number of nitrogens with zero attached hydrogens (tertiary/aromatic N) is 2. The van der Waals surface area contributed by atoms with Crippen molar-refractivity contribution >= 4 is 5.91 Å². The molecule has 0 spiro atoms. The quantitative estimate of drug-likeness (QED) is 0.782. The molecule has 3 rings (SSSR count). The Bertz CT molecular complexity index is 461. The molecule has 4 nitrogen and oxygen atoms in total. The van der Waals surface area contributed by atoms with Gasteiger partial charge in [0.05, 0.1) is 0 Å². The smallest absolute Gasteiger partial charge is 0.269 e. The predicted octanol–water partition coefficient (Wildman–Crippen LogP) is 2.25. The van der Waals surface area contributed by atoms with E-state index in [9.17, 15) is 4.79 Å². The first-order valence-corrected chi connectivity index (χ1v) is 8.27. The minimum absolute atomic E-state index is 0.0469. The van der Waals surface area contributed by atoms with Crippen LogP contribution in [-0.4, -0.2) is 42.0 Å². The van der Waals surface area contributed by atoms with Crippen LogP contribution in [0.15, 0.2) is 18.3 Å². The van der Waals surface area contributed by atoms with Gasteiger partial charge in [0.25, 0.3) is 5.91 Å². The molecule has 4 heteroatoms. The summed E-state index contributed by atoms with van der Waals surface area (Å²) in [6, 6.07) is 3.90. The average molecular weight is 287 g/mol. The van der Waals surface area contributed by atoms with Crippen LogP contribution in [0, 0.1) is 5.92 Å². The van der Waals surface area contributed by atoms with Gasteiger partial charge in [-0.15, -0.1) is 0 Å². The molecule has 0 unspecified atom stereocenters.